The van der Waals surface area contributed by atoms with E-state index in [9.17, 15) is 22.4 Å². The second-order valence-corrected chi connectivity index (χ2v) is 13.4. The van der Waals surface area contributed by atoms with Crippen molar-refractivity contribution in [3.63, 3.8) is 0 Å². The van der Waals surface area contributed by atoms with E-state index >= 15 is 0 Å². The van der Waals surface area contributed by atoms with Crippen LogP contribution in [0.3, 0.4) is 0 Å². The number of unbranched alkanes of at least 4 members (excludes halogenated alkanes) is 1. The van der Waals surface area contributed by atoms with Gasteiger partial charge in [-0.1, -0.05) is 85.6 Å². The Kier molecular flexibility index (Phi) is 11.7. The Balaban J connectivity index is 1.81. The van der Waals surface area contributed by atoms with Gasteiger partial charge in [-0.15, -0.1) is 0 Å². The lowest BCUT2D eigenvalue weighted by Gasteiger charge is -2.34. The van der Waals surface area contributed by atoms with Gasteiger partial charge in [-0.2, -0.15) is 0 Å². The Morgan fingerprint density at radius 1 is 0.826 bits per heavy atom. The molecular formula is C37H42FN3O4S. The predicted octanol–water partition coefficient (Wildman–Crippen LogP) is 6.50. The molecule has 242 valence electrons. The maximum absolute atomic E-state index is 14.6. The highest BCUT2D eigenvalue weighted by Crippen LogP contribution is 2.29. The molecule has 0 bridgehead atoms. The Morgan fingerprint density at radius 3 is 2.15 bits per heavy atom. The molecule has 4 rings (SSSR count). The summed E-state index contributed by atoms with van der Waals surface area (Å²) in [5, 5.41) is 2.97. The number of anilines is 1. The predicted molar refractivity (Wildman–Crippen MR) is 180 cm³/mol. The minimum absolute atomic E-state index is 0.0248. The number of nitrogens with zero attached hydrogens (tertiary/aromatic N) is 2. The van der Waals surface area contributed by atoms with E-state index in [1.54, 1.807) is 36.4 Å². The van der Waals surface area contributed by atoms with E-state index in [1.165, 1.54) is 29.2 Å². The lowest BCUT2D eigenvalue weighted by atomic mass is 10.0. The third kappa shape index (κ3) is 8.60. The lowest BCUT2D eigenvalue weighted by Crippen LogP contribution is -2.53. The van der Waals surface area contributed by atoms with Gasteiger partial charge < -0.3 is 10.2 Å². The third-order valence-electron chi connectivity index (χ3n) is 8.10. The SMILES string of the molecule is CCCCNC(=O)C(Cc1ccccc1)N(Cc1ccc(F)cc1)C(=O)CN(c1cccc(C)c1C)S(=O)(=O)c1ccc(C)cc1. The van der Waals surface area contributed by atoms with E-state index in [0.717, 1.165) is 33.8 Å². The number of benzene rings is 4. The molecule has 46 heavy (non-hydrogen) atoms. The Hall–Kier alpha value is -4.50. The monoisotopic (exact) mass is 643 g/mol. The second-order valence-electron chi connectivity index (χ2n) is 11.5. The molecule has 0 fully saturated rings. The molecule has 1 unspecified atom stereocenters. The standard InChI is InChI=1S/C37H42FN3O4S/c1-5-6-23-39-37(43)35(24-30-12-8-7-9-13-30)40(25-31-17-19-32(38)20-18-31)36(42)26-41(34-14-10-11-28(3)29(34)4)46(44,45)33-21-15-27(2)16-22-33/h7-22,35H,5-6,23-26H2,1-4H3,(H,39,43). The fourth-order valence-electron chi connectivity index (χ4n) is 5.20. The number of rotatable bonds is 14. The van der Waals surface area contributed by atoms with Crippen LogP contribution in [0.25, 0.3) is 0 Å². The number of nitrogens with one attached hydrogen (secondary N) is 1. The maximum Gasteiger partial charge on any atom is 0.264 e. The van der Waals surface area contributed by atoms with Crippen LogP contribution in [0.4, 0.5) is 10.1 Å². The summed E-state index contributed by atoms with van der Waals surface area (Å²) in [6, 6.07) is 26.0. The van der Waals surface area contributed by atoms with Gasteiger partial charge in [-0.3, -0.25) is 13.9 Å². The smallest absolute Gasteiger partial charge is 0.264 e. The van der Waals surface area contributed by atoms with E-state index in [2.05, 4.69) is 5.32 Å². The molecule has 4 aromatic rings. The Labute approximate surface area is 272 Å². The molecule has 7 nitrogen and oxygen atoms in total. The van der Waals surface area contributed by atoms with Crippen molar-refractivity contribution in [3.8, 4) is 0 Å². The van der Waals surface area contributed by atoms with E-state index in [4.69, 9.17) is 0 Å². The van der Waals surface area contributed by atoms with Gasteiger partial charge in [0, 0.05) is 19.5 Å². The van der Waals surface area contributed by atoms with Crippen molar-refractivity contribution in [1.82, 2.24) is 10.2 Å². The first-order valence-corrected chi connectivity index (χ1v) is 17.0. The molecule has 0 aliphatic heterocycles. The van der Waals surface area contributed by atoms with Crippen LogP contribution in [-0.4, -0.2) is 44.3 Å². The molecule has 1 atom stereocenters. The summed E-state index contributed by atoms with van der Waals surface area (Å²) in [7, 11) is -4.20. The van der Waals surface area contributed by atoms with Crippen molar-refractivity contribution in [2.75, 3.05) is 17.4 Å². The van der Waals surface area contributed by atoms with Crippen molar-refractivity contribution in [3.05, 3.63) is 131 Å². The maximum atomic E-state index is 14.6. The molecule has 9 heteroatoms. The van der Waals surface area contributed by atoms with Crippen LogP contribution >= 0.6 is 0 Å². The number of amides is 2. The number of sulfonamides is 1. The zero-order valence-electron chi connectivity index (χ0n) is 26.9. The van der Waals surface area contributed by atoms with E-state index < -0.39 is 34.3 Å². The topological polar surface area (TPSA) is 86.8 Å². The van der Waals surface area contributed by atoms with Gasteiger partial charge in [0.15, 0.2) is 0 Å². The summed E-state index contributed by atoms with van der Waals surface area (Å²) >= 11 is 0. The quantitative estimate of drug-likeness (QED) is 0.159. The molecule has 0 aliphatic rings. The molecule has 0 heterocycles. The molecule has 0 saturated heterocycles. The number of hydrogen-bond donors (Lipinski definition) is 1. The molecule has 0 aliphatic carbocycles. The number of carbonyl (C=O) groups is 2. The second kappa shape index (κ2) is 15.7. The molecule has 4 aromatic carbocycles. The van der Waals surface area contributed by atoms with Crippen LogP contribution in [0, 0.1) is 26.6 Å². The summed E-state index contributed by atoms with van der Waals surface area (Å²) in [4.78, 5) is 29.9. The fraction of sp³-hybridized carbons (Fsp3) is 0.297. The Bertz CT molecular complexity index is 1730. The molecule has 0 aromatic heterocycles. The normalized spacial score (nSPS) is 11.9. The average Bonchev–Trinajstić information content (AvgIpc) is 3.04. The van der Waals surface area contributed by atoms with Crippen molar-refractivity contribution in [2.45, 2.75) is 64.4 Å². The molecule has 2 amide bonds. The van der Waals surface area contributed by atoms with Gasteiger partial charge in [0.2, 0.25) is 11.8 Å². The van der Waals surface area contributed by atoms with E-state index in [-0.39, 0.29) is 23.8 Å². The van der Waals surface area contributed by atoms with E-state index in [1.807, 2.05) is 64.1 Å². The highest BCUT2D eigenvalue weighted by Gasteiger charge is 2.35. The Morgan fingerprint density at radius 2 is 1.50 bits per heavy atom. The van der Waals surface area contributed by atoms with Crippen LogP contribution < -0.4 is 9.62 Å². The first kappa shape index (κ1) is 34.4. The van der Waals surface area contributed by atoms with Crippen molar-refractivity contribution < 1.29 is 22.4 Å². The molecule has 1 N–H and O–H groups in total. The minimum atomic E-state index is -4.20. The first-order valence-electron chi connectivity index (χ1n) is 15.5. The van der Waals surface area contributed by atoms with Crippen LogP contribution in [-0.2, 0) is 32.6 Å². The zero-order valence-corrected chi connectivity index (χ0v) is 27.7. The van der Waals surface area contributed by atoms with Gasteiger partial charge >= 0.3 is 0 Å². The summed E-state index contributed by atoms with van der Waals surface area (Å²) in [5.74, 6) is -1.33. The van der Waals surface area contributed by atoms with E-state index in [0.29, 0.717) is 23.4 Å². The van der Waals surface area contributed by atoms with Crippen molar-refractivity contribution >= 4 is 27.5 Å². The summed E-state index contributed by atoms with van der Waals surface area (Å²) in [6.45, 7) is 7.47. The highest BCUT2D eigenvalue weighted by atomic mass is 32.2. The van der Waals surface area contributed by atoms with Gasteiger partial charge in [0.05, 0.1) is 10.6 Å². The van der Waals surface area contributed by atoms with Gasteiger partial charge in [0.25, 0.3) is 10.0 Å². The molecule has 0 saturated carbocycles. The summed E-state index contributed by atoms with van der Waals surface area (Å²) in [5.41, 5.74) is 4.31. The zero-order chi connectivity index (χ0) is 33.3. The van der Waals surface area contributed by atoms with Crippen molar-refractivity contribution in [2.24, 2.45) is 0 Å². The van der Waals surface area contributed by atoms with Gasteiger partial charge in [-0.25, -0.2) is 12.8 Å². The van der Waals surface area contributed by atoms with Crippen LogP contribution in [0.15, 0.2) is 102 Å². The molecular weight excluding hydrogens is 601 g/mol. The van der Waals surface area contributed by atoms with Crippen LogP contribution in [0.2, 0.25) is 0 Å². The highest BCUT2D eigenvalue weighted by molar-refractivity contribution is 7.92. The third-order valence-corrected chi connectivity index (χ3v) is 9.87. The minimum Gasteiger partial charge on any atom is -0.354 e. The van der Waals surface area contributed by atoms with Gasteiger partial charge in [-0.05, 0) is 79.8 Å². The molecule has 0 radical (unpaired) electrons. The molecule has 0 spiro atoms. The first-order chi connectivity index (χ1) is 22.0. The van der Waals surface area contributed by atoms with Gasteiger partial charge in [0.1, 0.15) is 18.4 Å². The average molecular weight is 644 g/mol. The number of carbonyl (C=O) groups excluding carboxylic acids is 2. The number of aryl methyl sites for hydroxylation is 2. The van der Waals surface area contributed by atoms with Crippen molar-refractivity contribution in [1.29, 1.82) is 0 Å². The van der Waals surface area contributed by atoms with Crippen LogP contribution in [0.1, 0.15) is 47.6 Å². The number of halogens is 1. The largest absolute Gasteiger partial charge is 0.354 e. The lowest BCUT2D eigenvalue weighted by molar-refractivity contribution is -0.140. The summed E-state index contributed by atoms with van der Waals surface area (Å²) in [6.07, 6.45) is 1.86. The number of hydrogen-bond acceptors (Lipinski definition) is 4. The fourth-order valence-corrected chi connectivity index (χ4v) is 6.67. The van der Waals surface area contributed by atoms with Crippen LogP contribution in [0.5, 0.6) is 0 Å². The summed E-state index contributed by atoms with van der Waals surface area (Å²) < 4.78 is 43.5.